The van der Waals surface area contributed by atoms with Crippen LogP contribution in [0.15, 0.2) is 16.9 Å². The van der Waals surface area contributed by atoms with Crippen LogP contribution in [-0.4, -0.2) is 43.6 Å². The van der Waals surface area contributed by atoms with E-state index >= 15 is 0 Å². The second kappa shape index (κ2) is 5.72. The molecule has 3 heterocycles. The predicted molar refractivity (Wildman–Crippen MR) is 86.4 cm³/mol. The van der Waals surface area contributed by atoms with Gasteiger partial charge < -0.3 is 14.0 Å². The van der Waals surface area contributed by atoms with Crippen molar-refractivity contribution >= 4 is 5.91 Å². The first-order valence-corrected chi connectivity index (χ1v) is 8.65. The van der Waals surface area contributed by atoms with E-state index in [4.69, 9.17) is 4.52 Å². The molecule has 2 aliphatic rings. The Kier molecular flexibility index (Phi) is 3.66. The molecule has 0 radical (unpaired) electrons. The Hall–Kier alpha value is -2.18. The van der Waals surface area contributed by atoms with E-state index in [9.17, 15) is 4.79 Å². The van der Waals surface area contributed by atoms with Gasteiger partial charge in [0, 0.05) is 31.4 Å². The van der Waals surface area contributed by atoms with Crippen LogP contribution in [0.3, 0.4) is 0 Å². The number of nitrogens with zero attached hydrogens (tertiary/aromatic N) is 5. The molecule has 1 aliphatic carbocycles. The van der Waals surface area contributed by atoms with Crippen LogP contribution >= 0.6 is 0 Å². The zero-order valence-electron chi connectivity index (χ0n) is 14.2. The van der Waals surface area contributed by atoms with Crippen molar-refractivity contribution in [2.24, 2.45) is 0 Å². The normalized spacial score (nSPS) is 24.3. The summed E-state index contributed by atoms with van der Waals surface area (Å²) in [5.41, 5.74) is -0.252. The number of hydrogen-bond donors (Lipinski definition) is 0. The third-order valence-corrected chi connectivity index (χ3v) is 5.18. The molecular weight excluding hydrogens is 306 g/mol. The number of carbonyl (C=O) groups excluding carboxylic acids is 1. The van der Waals surface area contributed by atoms with Gasteiger partial charge in [-0.2, -0.15) is 4.98 Å². The lowest BCUT2D eigenvalue weighted by Crippen LogP contribution is -2.48. The van der Waals surface area contributed by atoms with E-state index in [0.29, 0.717) is 24.9 Å². The summed E-state index contributed by atoms with van der Waals surface area (Å²) in [6, 6.07) is 0. The van der Waals surface area contributed by atoms with Gasteiger partial charge in [0.2, 0.25) is 11.8 Å². The van der Waals surface area contributed by atoms with E-state index in [-0.39, 0.29) is 11.3 Å². The van der Waals surface area contributed by atoms with Gasteiger partial charge in [-0.15, -0.1) is 0 Å². The number of amides is 1. The van der Waals surface area contributed by atoms with Crippen LogP contribution in [0.1, 0.15) is 56.1 Å². The van der Waals surface area contributed by atoms with E-state index in [0.717, 1.165) is 43.9 Å². The van der Waals surface area contributed by atoms with Crippen molar-refractivity contribution in [1.29, 1.82) is 0 Å². The standard InChI is InChI=1S/C17H23N5O2/c1-12-18-7-9-21(12)10-14(23)22-8-3-6-17(2,11-22)16-19-15(20-24-16)13-4-5-13/h7,9,13H,3-6,8,10-11H2,1-2H3. The largest absolute Gasteiger partial charge is 0.340 e. The zero-order valence-corrected chi connectivity index (χ0v) is 14.2. The SMILES string of the molecule is Cc1nccn1CC(=O)N1CCCC(C)(c2nc(C3CC3)no2)C1. The molecule has 7 nitrogen and oxygen atoms in total. The van der Waals surface area contributed by atoms with Gasteiger partial charge in [0.25, 0.3) is 0 Å². The Bertz CT molecular complexity index is 748. The first-order valence-electron chi connectivity index (χ1n) is 8.65. The summed E-state index contributed by atoms with van der Waals surface area (Å²) in [4.78, 5) is 23.4. The van der Waals surface area contributed by atoms with Crippen LogP contribution < -0.4 is 0 Å². The molecule has 0 spiro atoms. The summed E-state index contributed by atoms with van der Waals surface area (Å²) < 4.78 is 7.43. The molecule has 4 rings (SSSR count). The fraction of sp³-hybridized carbons (Fsp3) is 0.647. The van der Waals surface area contributed by atoms with E-state index in [2.05, 4.69) is 22.0 Å². The molecule has 2 fully saturated rings. The van der Waals surface area contributed by atoms with Gasteiger partial charge in [-0.25, -0.2) is 4.98 Å². The summed E-state index contributed by atoms with van der Waals surface area (Å²) in [5.74, 6) is 2.97. The number of rotatable bonds is 4. The van der Waals surface area contributed by atoms with Gasteiger partial charge in [0.15, 0.2) is 5.82 Å². The topological polar surface area (TPSA) is 77.1 Å². The summed E-state index contributed by atoms with van der Waals surface area (Å²) >= 11 is 0. The Morgan fingerprint density at radius 3 is 3.00 bits per heavy atom. The number of carbonyl (C=O) groups is 1. The van der Waals surface area contributed by atoms with Crippen molar-refractivity contribution < 1.29 is 9.32 Å². The maximum absolute atomic E-state index is 12.7. The highest BCUT2D eigenvalue weighted by molar-refractivity contribution is 5.76. The third-order valence-electron chi connectivity index (χ3n) is 5.18. The minimum atomic E-state index is -0.252. The molecule has 1 amide bonds. The van der Waals surface area contributed by atoms with E-state index < -0.39 is 0 Å². The first kappa shape index (κ1) is 15.4. The Balaban J connectivity index is 1.47. The number of imidazole rings is 1. The molecule has 2 aromatic heterocycles. The zero-order chi connectivity index (χ0) is 16.7. The lowest BCUT2D eigenvalue weighted by molar-refractivity contribution is -0.134. The van der Waals surface area contributed by atoms with E-state index in [1.54, 1.807) is 6.20 Å². The van der Waals surface area contributed by atoms with Gasteiger partial charge in [0.1, 0.15) is 12.4 Å². The van der Waals surface area contributed by atoms with E-state index in [1.165, 1.54) is 0 Å². The first-order chi connectivity index (χ1) is 11.5. The quantitative estimate of drug-likeness (QED) is 0.858. The molecule has 1 saturated heterocycles. The van der Waals surface area contributed by atoms with Crippen LogP contribution in [0.2, 0.25) is 0 Å². The highest BCUT2D eigenvalue weighted by atomic mass is 16.5. The average molecular weight is 329 g/mol. The average Bonchev–Trinajstić information content (AvgIpc) is 3.15. The number of likely N-dealkylation sites (tertiary alicyclic amines) is 1. The molecule has 1 unspecified atom stereocenters. The lowest BCUT2D eigenvalue weighted by atomic mass is 9.81. The second-order valence-corrected chi connectivity index (χ2v) is 7.31. The van der Waals surface area contributed by atoms with E-state index in [1.807, 2.05) is 22.6 Å². The van der Waals surface area contributed by atoms with Crippen molar-refractivity contribution in [2.75, 3.05) is 13.1 Å². The van der Waals surface area contributed by atoms with Gasteiger partial charge in [-0.05, 0) is 39.5 Å². The summed E-state index contributed by atoms with van der Waals surface area (Å²) in [6.45, 7) is 5.78. The maximum Gasteiger partial charge on any atom is 0.242 e. The summed E-state index contributed by atoms with van der Waals surface area (Å²) in [5, 5.41) is 4.14. The highest BCUT2D eigenvalue weighted by Crippen LogP contribution is 2.40. The Labute approximate surface area is 141 Å². The number of aromatic nitrogens is 4. The summed E-state index contributed by atoms with van der Waals surface area (Å²) in [7, 11) is 0. The van der Waals surface area contributed by atoms with Gasteiger partial charge in [0.05, 0.1) is 5.41 Å². The van der Waals surface area contributed by atoms with Crippen LogP contribution in [0.25, 0.3) is 0 Å². The fourth-order valence-electron chi connectivity index (χ4n) is 3.43. The van der Waals surface area contributed by atoms with Crippen LogP contribution in [-0.2, 0) is 16.8 Å². The minimum Gasteiger partial charge on any atom is -0.340 e. The van der Waals surface area contributed by atoms with Crippen molar-refractivity contribution in [1.82, 2.24) is 24.6 Å². The molecule has 7 heteroatoms. The van der Waals surface area contributed by atoms with Crippen LogP contribution in [0.5, 0.6) is 0 Å². The number of hydrogen-bond acceptors (Lipinski definition) is 5. The fourth-order valence-corrected chi connectivity index (χ4v) is 3.43. The molecular formula is C17H23N5O2. The number of aryl methyl sites for hydroxylation is 1. The van der Waals surface area contributed by atoms with Crippen LogP contribution in [0.4, 0.5) is 0 Å². The molecule has 24 heavy (non-hydrogen) atoms. The van der Waals surface area contributed by atoms with Gasteiger partial charge >= 0.3 is 0 Å². The predicted octanol–water partition coefficient (Wildman–Crippen LogP) is 2.03. The molecule has 2 aromatic rings. The highest BCUT2D eigenvalue weighted by Gasteiger charge is 2.40. The van der Waals surface area contributed by atoms with Crippen LogP contribution in [0, 0.1) is 6.92 Å². The smallest absolute Gasteiger partial charge is 0.242 e. The number of piperidine rings is 1. The summed E-state index contributed by atoms with van der Waals surface area (Å²) in [6.07, 6.45) is 7.80. The van der Waals surface area contributed by atoms with Crippen molar-refractivity contribution in [2.45, 2.75) is 57.4 Å². The molecule has 0 bridgehead atoms. The van der Waals surface area contributed by atoms with Crippen molar-refractivity contribution in [3.63, 3.8) is 0 Å². The molecule has 1 saturated carbocycles. The monoisotopic (exact) mass is 329 g/mol. The van der Waals surface area contributed by atoms with Crippen molar-refractivity contribution in [3.05, 3.63) is 29.9 Å². The third kappa shape index (κ3) is 2.83. The molecule has 1 aliphatic heterocycles. The van der Waals surface area contributed by atoms with Crippen molar-refractivity contribution in [3.8, 4) is 0 Å². The Morgan fingerprint density at radius 1 is 1.46 bits per heavy atom. The lowest BCUT2D eigenvalue weighted by Gasteiger charge is -2.38. The maximum atomic E-state index is 12.7. The molecule has 0 N–H and O–H groups in total. The van der Waals surface area contributed by atoms with Gasteiger partial charge in [-0.3, -0.25) is 4.79 Å². The molecule has 128 valence electrons. The molecule has 0 aromatic carbocycles. The Morgan fingerprint density at radius 2 is 2.29 bits per heavy atom. The molecule has 1 atom stereocenters. The van der Waals surface area contributed by atoms with Gasteiger partial charge in [-0.1, -0.05) is 5.16 Å². The second-order valence-electron chi connectivity index (χ2n) is 7.31. The minimum absolute atomic E-state index is 0.115.